The van der Waals surface area contributed by atoms with E-state index in [2.05, 4.69) is 46.5 Å². The largest absolute Gasteiger partial charge is 0.288 e. The number of hydrogen-bond donors (Lipinski definition) is 1. The molecule has 5 aromatic rings. The van der Waals surface area contributed by atoms with Gasteiger partial charge in [-0.05, 0) is 46.6 Å². The van der Waals surface area contributed by atoms with Gasteiger partial charge in [0.15, 0.2) is 11.3 Å². The Labute approximate surface area is 211 Å². The number of halogens is 3. The molecule has 0 radical (unpaired) electrons. The summed E-state index contributed by atoms with van der Waals surface area (Å²) in [5, 5.41) is 16.9. The van der Waals surface area contributed by atoms with Crippen molar-refractivity contribution >= 4 is 56.6 Å². The van der Waals surface area contributed by atoms with Crippen molar-refractivity contribution in [2.75, 3.05) is 5.32 Å². The van der Waals surface area contributed by atoms with E-state index in [1.807, 2.05) is 23.9 Å². The minimum absolute atomic E-state index is 0.153. The van der Waals surface area contributed by atoms with Crippen LogP contribution in [0.5, 0.6) is 0 Å². The number of aryl methyl sites for hydroxylation is 1. The molecule has 0 aliphatic carbocycles. The Morgan fingerprint density at radius 2 is 1.91 bits per heavy atom. The van der Waals surface area contributed by atoms with Crippen LogP contribution < -0.4 is 5.32 Å². The van der Waals surface area contributed by atoms with E-state index in [4.69, 9.17) is 23.2 Å². The first-order valence-electron chi connectivity index (χ1n) is 10.1. The van der Waals surface area contributed by atoms with E-state index in [1.165, 1.54) is 6.33 Å². The normalized spacial score (nSPS) is 11.3. The quantitative estimate of drug-likeness (QED) is 0.326. The lowest BCUT2D eigenvalue weighted by atomic mass is 10.2. The third-order valence-corrected chi connectivity index (χ3v) is 6.28. The molecule has 1 aromatic carbocycles. The molecule has 0 atom stereocenters. The van der Waals surface area contributed by atoms with Gasteiger partial charge in [-0.25, -0.2) is 19.2 Å². The Morgan fingerprint density at radius 3 is 2.68 bits per heavy atom. The minimum atomic E-state index is -0.457. The Bertz CT molecular complexity index is 1520. The zero-order valence-corrected chi connectivity index (χ0v) is 20.8. The van der Waals surface area contributed by atoms with Crippen LogP contribution in [-0.4, -0.2) is 45.1 Å². The maximum atomic E-state index is 12.8. The van der Waals surface area contributed by atoms with Crippen molar-refractivity contribution < 1.29 is 4.79 Å². The number of benzene rings is 1. The van der Waals surface area contributed by atoms with Crippen molar-refractivity contribution in [2.24, 2.45) is 0 Å². The summed E-state index contributed by atoms with van der Waals surface area (Å²) in [5.74, 6) is -0.304. The topological polar surface area (TPSA) is 108 Å². The number of nitrogens with zero attached hydrogens (tertiary/aromatic N) is 8. The minimum Gasteiger partial charge on any atom is -0.288 e. The highest BCUT2D eigenvalue weighted by Crippen LogP contribution is 2.27. The number of aromatic nitrogens is 8. The summed E-state index contributed by atoms with van der Waals surface area (Å²) < 4.78 is 5.79. The van der Waals surface area contributed by atoms with Crippen molar-refractivity contribution in [3.05, 3.63) is 74.8 Å². The molecule has 0 saturated carbocycles. The van der Waals surface area contributed by atoms with E-state index in [0.717, 1.165) is 16.6 Å². The average Bonchev–Trinajstić information content (AvgIpc) is 3.54. The zero-order chi connectivity index (χ0) is 23.8. The number of anilines is 1. The summed E-state index contributed by atoms with van der Waals surface area (Å²) in [5.41, 5.74) is 2.98. The van der Waals surface area contributed by atoms with Gasteiger partial charge in [0.2, 0.25) is 5.95 Å². The summed E-state index contributed by atoms with van der Waals surface area (Å²) in [4.78, 5) is 21.3. The number of carbonyl (C=O) groups excluding carboxylic acids is 1. The van der Waals surface area contributed by atoms with Gasteiger partial charge in [-0.1, -0.05) is 29.3 Å². The van der Waals surface area contributed by atoms with Crippen LogP contribution in [0.25, 0.3) is 17.0 Å². The fourth-order valence-electron chi connectivity index (χ4n) is 3.34. The smallest absolute Gasteiger partial charge is 0.278 e. The predicted molar refractivity (Wildman–Crippen MR) is 131 cm³/mol. The van der Waals surface area contributed by atoms with Gasteiger partial charge in [-0.2, -0.15) is 10.2 Å². The molecule has 1 amide bonds. The molecule has 0 unspecified atom stereocenters. The summed E-state index contributed by atoms with van der Waals surface area (Å²) in [6.07, 6.45) is 5.05. The summed E-state index contributed by atoms with van der Waals surface area (Å²) in [6, 6.07) is 8.71. The van der Waals surface area contributed by atoms with Crippen LogP contribution in [-0.2, 0) is 13.1 Å². The van der Waals surface area contributed by atoms with Crippen LogP contribution >= 0.6 is 39.1 Å². The van der Waals surface area contributed by atoms with Crippen molar-refractivity contribution in [2.45, 2.75) is 20.0 Å². The summed E-state index contributed by atoms with van der Waals surface area (Å²) in [6.45, 7) is 3.15. The van der Waals surface area contributed by atoms with Gasteiger partial charge in [-0.3, -0.25) is 14.8 Å². The molecule has 4 heterocycles. The van der Waals surface area contributed by atoms with Crippen LogP contribution in [0.1, 0.15) is 23.0 Å². The predicted octanol–water partition coefficient (Wildman–Crippen LogP) is 4.57. The van der Waals surface area contributed by atoms with Crippen LogP contribution in [0.3, 0.4) is 0 Å². The van der Waals surface area contributed by atoms with Gasteiger partial charge >= 0.3 is 0 Å². The number of nitrogens with one attached hydrogen (secondary N) is 1. The highest BCUT2D eigenvalue weighted by Gasteiger charge is 2.18. The fraction of sp³-hybridized carbons (Fsp3) is 0.143. The second-order valence-electron chi connectivity index (χ2n) is 7.28. The number of rotatable bonds is 6. The Kier molecular flexibility index (Phi) is 6.07. The molecular formula is C21H16BrCl2N9O. The highest BCUT2D eigenvalue weighted by atomic mass is 79.9. The molecule has 0 saturated heterocycles. The number of hydrogen-bond acceptors (Lipinski definition) is 6. The van der Waals surface area contributed by atoms with Gasteiger partial charge in [0.1, 0.15) is 12.0 Å². The molecule has 0 spiro atoms. The summed E-state index contributed by atoms with van der Waals surface area (Å²) in [7, 11) is 0. The van der Waals surface area contributed by atoms with Gasteiger partial charge in [-0.15, -0.1) is 5.10 Å². The van der Waals surface area contributed by atoms with Crippen molar-refractivity contribution in [1.82, 2.24) is 39.1 Å². The van der Waals surface area contributed by atoms with E-state index in [1.54, 1.807) is 39.7 Å². The molecular weight excluding hydrogens is 545 g/mol. The molecule has 34 heavy (non-hydrogen) atoms. The molecule has 172 valence electrons. The zero-order valence-electron chi connectivity index (χ0n) is 17.7. The number of carbonyl (C=O) groups is 1. The molecule has 0 fully saturated rings. The standard InChI is InChI=1S/C21H16BrCl2N9O/c1-2-31-10-13(22)19(29-31)17-5-6-25-18-8-16(28-33(17)18)20(34)27-21-26-11-32(30-21)9-12-3-4-14(23)15(24)7-12/h3-8,10-11H,2,9H2,1H3,(H,27,30,34). The molecule has 13 heteroatoms. The van der Waals surface area contributed by atoms with Crippen LogP contribution in [0.4, 0.5) is 5.95 Å². The van der Waals surface area contributed by atoms with Gasteiger partial charge in [0.25, 0.3) is 5.91 Å². The van der Waals surface area contributed by atoms with Gasteiger partial charge in [0, 0.05) is 25.0 Å². The third-order valence-electron chi connectivity index (χ3n) is 4.96. The molecule has 10 nitrogen and oxygen atoms in total. The Morgan fingerprint density at radius 1 is 1.06 bits per heavy atom. The van der Waals surface area contributed by atoms with Crippen molar-refractivity contribution in [3.8, 4) is 11.4 Å². The van der Waals surface area contributed by atoms with Gasteiger partial charge in [0.05, 0.1) is 26.8 Å². The first kappa shape index (κ1) is 22.5. The van der Waals surface area contributed by atoms with E-state index < -0.39 is 5.91 Å². The van der Waals surface area contributed by atoms with Gasteiger partial charge < -0.3 is 0 Å². The maximum Gasteiger partial charge on any atom is 0.278 e. The molecule has 0 aliphatic rings. The van der Waals surface area contributed by atoms with Crippen LogP contribution in [0.2, 0.25) is 10.0 Å². The first-order valence-corrected chi connectivity index (χ1v) is 11.7. The molecule has 1 N–H and O–H groups in total. The van der Waals surface area contributed by atoms with E-state index in [0.29, 0.717) is 33.6 Å². The molecule has 4 aromatic heterocycles. The summed E-state index contributed by atoms with van der Waals surface area (Å²) >= 11 is 15.6. The van der Waals surface area contributed by atoms with Crippen LogP contribution in [0, 0.1) is 0 Å². The van der Waals surface area contributed by atoms with E-state index >= 15 is 0 Å². The van der Waals surface area contributed by atoms with Crippen molar-refractivity contribution in [1.29, 1.82) is 0 Å². The lowest BCUT2D eigenvalue weighted by molar-refractivity contribution is 0.102. The Hall–Kier alpha value is -3.28. The van der Waals surface area contributed by atoms with Crippen LogP contribution in [0.15, 0.2) is 53.5 Å². The number of fused-ring (bicyclic) bond motifs is 1. The molecule has 0 aliphatic heterocycles. The monoisotopic (exact) mass is 559 g/mol. The maximum absolute atomic E-state index is 12.8. The third kappa shape index (κ3) is 4.41. The van der Waals surface area contributed by atoms with E-state index in [9.17, 15) is 4.79 Å². The number of amides is 1. The SMILES string of the molecule is CCn1cc(Br)c(-c2ccnc3cc(C(=O)Nc4ncn(Cc5ccc(Cl)c(Cl)c5)n4)nn23)n1. The van der Waals surface area contributed by atoms with Crippen molar-refractivity contribution in [3.63, 3.8) is 0 Å². The first-order chi connectivity index (χ1) is 16.4. The lowest BCUT2D eigenvalue weighted by Crippen LogP contribution is -2.14. The van der Waals surface area contributed by atoms with E-state index in [-0.39, 0.29) is 11.6 Å². The average molecular weight is 561 g/mol. The second kappa shape index (κ2) is 9.16. The fourth-order valence-corrected chi connectivity index (χ4v) is 4.18. The Balaban J connectivity index is 1.36. The molecule has 0 bridgehead atoms. The lowest BCUT2D eigenvalue weighted by Gasteiger charge is -2.03. The second-order valence-corrected chi connectivity index (χ2v) is 8.95. The highest BCUT2D eigenvalue weighted by molar-refractivity contribution is 9.10. The molecule has 5 rings (SSSR count).